The lowest BCUT2D eigenvalue weighted by Crippen LogP contribution is -2.11. The van der Waals surface area contributed by atoms with Gasteiger partial charge in [-0.1, -0.05) is 0 Å². The second-order valence-electron chi connectivity index (χ2n) is 4.97. The van der Waals surface area contributed by atoms with Gasteiger partial charge in [0.1, 0.15) is 16.6 Å². The van der Waals surface area contributed by atoms with Crippen LogP contribution in [0.4, 0.5) is 4.39 Å². The van der Waals surface area contributed by atoms with Crippen molar-refractivity contribution in [3.05, 3.63) is 45.9 Å². The van der Waals surface area contributed by atoms with Gasteiger partial charge in [-0.05, 0) is 32.0 Å². The molecular weight excluding hydrogens is 309 g/mol. The van der Waals surface area contributed by atoms with Crippen LogP contribution < -0.4 is 0 Å². The van der Waals surface area contributed by atoms with Crippen molar-refractivity contribution in [2.75, 3.05) is 5.88 Å². The van der Waals surface area contributed by atoms with Gasteiger partial charge in [-0.15, -0.1) is 22.9 Å². The summed E-state index contributed by atoms with van der Waals surface area (Å²) >= 11 is 7.49. The third-order valence-electron chi connectivity index (χ3n) is 3.42. The van der Waals surface area contributed by atoms with Gasteiger partial charge in [-0.25, -0.2) is 14.4 Å². The predicted molar refractivity (Wildman–Crippen MR) is 84.8 cm³/mol. The molecule has 0 aliphatic rings. The summed E-state index contributed by atoms with van der Waals surface area (Å²) in [5.74, 6) is 1.09. The molecule has 6 heteroatoms. The Bertz CT molecular complexity index is 780. The Kier molecular flexibility index (Phi) is 3.95. The number of benzene rings is 1. The topological polar surface area (TPSA) is 30.7 Å². The first kappa shape index (κ1) is 14.5. The third-order valence-corrected chi connectivity index (χ3v) is 4.75. The first-order valence-corrected chi connectivity index (χ1v) is 8.16. The zero-order chi connectivity index (χ0) is 15.0. The average Bonchev–Trinajstić information content (AvgIpc) is 3.02. The van der Waals surface area contributed by atoms with E-state index in [2.05, 4.69) is 16.9 Å². The standard InChI is InChI=1S/C15H15ClFN3S/c1-9-8-21-15(18-9)10(2)20-13-7-11(17)3-4-12(13)19-14(20)5-6-16/h3-4,7-8,10H,5-6H2,1-2H3. The van der Waals surface area contributed by atoms with Crippen molar-refractivity contribution in [1.82, 2.24) is 14.5 Å². The van der Waals surface area contributed by atoms with Gasteiger partial charge in [0.25, 0.3) is 0 Å². The molecule has 3 aromatic rings. The van der Waals surface area contributed by atoms with Crippen molar-refractivity contribution in [2.24, 2.45) is 0 Å². The maximum atomic E-state index is 13.6. The minimum atomic E-state index is -0.261. The molecule has 0 spiro atoms. The van der Waals surface area contributed by atoms with E-state index in [1.165, 1.54) is 12.1 Å². The lowest BCUT2D eigenvalue weighted by molar-refractivity contribution is 0.610. The van der Waals surface area contributed by atoms with Gasteiger partial charge in [0.05, 0.1) is 17.1 Å². The van der Waals surface area contributed by atoms with Gasteiger partial charge in [0.15, 0.2) is 0 Å². The highest BCUT2D eigenvalue weighted by Gasteiger charge is 2.19. The van der Waals surface area contributed by atoms with Crippen LogP contribution in [0.3, 0.4) is 0 Å². The van der Waals surface area contributed by atoms with Gasteiger partial charge in [0.2, 0.25) is 0 Å². The molecular formula is C15H15ClFN3S. The molecule has 0 saturated carbocycles. The van der Waals surface area contributed by atoms with Crippen LogP contribution in [0.15, 0.2) is 23.6 Å². The van der Waals surface area contributed by atoms with Crippen molar-refractivity contribution >= 4 is 34.0 Å². The van der Waals surface area contributed by atoms with Gasteiger partial charge in [-0.2, -0.15) is 0 Å². The van der Waals surface area contributed by atoms with E-state index in [0.717, 1.165) is 27.6 Å². The number of aromatic nitrogens is 3. The Morgan fingerprint density at radius 1 is 1.38 bits per heavy atom. The Morgan fingerprint density at radius 3 is 2.86 bits per heavy atom. The predicted octanol–water partition coefficient (Wildman–Crippen LogP) is 4.33. The number of nitrogens with zero attached hydrogens (tertiary/aromatic N) is 3. The molecule has 0 aliphatic carbocycles. The highest BCUT2D eigenvalue weighted by atomic mass is 35.5. The van der Waals surface area contributed by atoms with Crippen LogP contribution in [0, 0.1) is 12.7 Å². The zero-order valence-corrected chi connectivity index (χ0v) is 13.4. The average molecular weight is 324 g/mol. The van der Waals surface area contributed by atoms with Crippen LogP contribution in [-0.2, 0) is 6.42 Å². The number of hydrogen-bond donors (Lipinski definition) is 0. The van der Waals surface area contributed by atoms with Crippen LogP contribution in [0.25, 0.3) is 11.0 Å². The van der Waals surface area contributed by atoms with Gasteiger partial charge in [-0.3, -0.25) is 0 Å². The molecule has 0 aliphatic heterocycles. The quantitative estimate of drug-likeness (QED) is 0.669. The fourth-order valence-corrected chi connectivity index (χ4v) is 3.50. The lowest BCUT2D eigenvalue weighted by atomic mass is 10.2. The third kappa shape index (κ3) is 2.68. The second-order valence-corrected chi connectivity index (χ2v) is 6.24. The van der Waals surface area contributed by atoms with Crippen LogP contribution in [0.2, 0.25) is 0 Å². The summed E-state index contributed by atoms with van der Waals surface area (Å²) in [4.78, 5) is 9.13. The van der Waals surface area contributed by atoms with Crippen LogP contribution in [-0.4, -0.2) is 20.4 Å². The molecule has 0 bridgehead atoms. The molecule has 0 N–H and O–H groups in total. The van der Waals surface area contributed by atoms with Gasteiger partial charge >= 0.3 is 0 Å². The Labute approximate surface area is 131 Å². The van der Waals surface area contributed by atoms with E-state index in [1.54, 1.807) is 17.4 Å². The molecule has 0 saturated heterocycles. The van der Waals surface area contributed by atoms with Crippen molar-refractivity contribution in [3.63, 3.8) is 0 Å². The fraction of sp³-hybridized carbons (Fsp3) is 0.333. The number of hydrogen-bond acceptors (Lipinski definition) is 3. The van der Waals surface area contributed by atoms with Gasteiger partial charge in [0, 0.05) is 23.4 Å². The molecule has 1 unspecified atom stereocenters. The smallest absolute Gasteiger partial charge is 0.125 e. The molecule has 3 nitrogen and oxygen atoms in total. The Hall–Kier alpha value is -1.46. The number of halogens is 2. The highest BCUT2D eigenvalue weighted by molar-refractivity contribution is 7.09. The highest BCUT2D eigenvalue weighted by Crippen LogP contribution is 2.28. The molecule has 2 aromatic heterocycles. The normalized spacial score (nSPS) is 13.0. The minimum Gasteiger partial charge on any atom is -0.318 e. The van der Waals surface area contributed by atoms with E-state index in [-0.39, 0.29) is 11.9 Å². The molecule has 1 atom stereocenters. The first-order chi connectivity index (χ1) is 10.1. The van der Waals surface area contributed by atoms with Crippen LogP contribution >= 0.6 is 22.9 Å². The van der Waals surface area contributed by atoms with Gasteiger partial charge < -0.3 is 4.57 Å². The second kappa shape index (κ2) is 5.73. The number of aryl methyl sites for hydroxylation is 2. The number of fused-ring (bicyclic) bond motifs is 1. The van der Waals surface area contributed by atoms with Crippen molar-refractivity contribution < 1.29 is 4.39 Å². The van der Waals surface area contributed by atoms with Crippen LogP contribution in [0.1, 0.15) is 29.5 Å². The van der Waals surface area contributed by atoms with Crippen molar-refractivity contribution in [3.8, 4) is 0 Å². The molecule has 1 aromatic carbocycles. The summed E-state index contributed by atoms with van der Waals surface area (Å²) < 4.78 is 15.6. The molecule has 110 valence electrons. The summed E-state index contributed by atoms with van der Waals surface area (Å²) in [7, 11) is 0. The zero-order valence-electron chi connectivity index (χ0n) is 11.8. The number of thiazole rings is 1. The molecule has 0 fully saturated rings. The monoisotopic (exact) mass is 323 g/mol. The summed E-state index contributed by atoms with van der Waals surface area (Å²) in [6, 6.07) is 4.67. The largest absolute Gasteiger partial charge is 0.318 e. The van der Waals surface area contributed by atoms with E-state index in [9.17, 15) is 4.39 Å². The number of alkyl halides is 1. The maximum Gasteiger partial charge on any atom is 0.125 e. The fourth-order valence-electron chi connectivity index (χ4n) is 2.48. The molecule has 0 radical (unpaired) electrons. The summed E-state index contributed by atoms with van der Waals surface area (Å²) in [6.45, 7) is 4.03. The maximum absolute atomic E-state index is 13.6. The van der Waals surface area contributed by atoms with E-state index < -0.39 is 0 Å². The van der Waals surface area contributed by atoms with E-state index in [4.69, 9.17) is 11.6 Å². The van der Waals surface area contributed by atoms with Crippen LogP contribution in [0.5, 0.6) is 0 Å². The lowest BCUT2D eigenvalue weighted by Gasteiger charge is -2.15. The number of imidazole rings is 1. The molecule has 3 rings (SSSR count). The molecule has 21 heavy (non-hydrogen) atoms. The van der Waals surface area contributed by atoms with E-state index in [0.29, 0.717) is 12.3 Å². The van der Waals surface area contributed by atoms with Crippen molar-refractivity contribution in [2.45, 2.75) is 26.3 Å². The SMILES string of the molecule is Cc1csc(C(C)n2c(CCCl)nc3ccc(F)cc32)n1. The summed E-state index contributed by atoms with van der Waals surface area (Å²) in [5, 5.41) is 3.01. The summed E-state index contributed by atoms with van der Waals surface area (Å²) in [6.07, 6.45) is 0.645. The molecule has 0 amide bonds. The molecule has 2 heterocycles. The first-order valence-electron chi connectivity index (χ1n) is 6.74. The number of rotatable bonds is 4. The van der Waals surface area contributed by atoms with E-state index >= 15 is 0 Å². The Balaban J connectivity index is 2.18. The summed E-state index contributed by atoms with van der Waals surface area (Å²) in [5.41, 5.74) is 2.57. The minimum absolute atomic E-state index is 0.00807. The van der Waals surface area contributed by atoms with Crippen molar-refractivity contribution in [1.29, 1.82) is 0 Å². The van der Waals surface area contributed by atoms with E-state index in [1.807, 2.05) is 16.9 Å². The Morgan fingerprint density at radius 2 is 2.19 bits per heavy atom.